The van der Waals surface area contributed by atoms with Crippen LogP contribution in [0.3, 0.4) is 0 Å². The second-order valence-electron chi connectivity index (χ2n) is 8.15. The van der Waals surface area contributed by atoms with Gasteiger partial charge in [-0.3, -0.25) is 0 Å². The first-order valence-corrected chi connectivity index (χ1v) is 9.49. The summed E-state index contributed by atoms with van der Waals surface area (Å²) in [7, 11) is -0.449. The van der Waals surface area contributed by atoms with Gasteiger partial charge in [0.05, 0.1) is 16.8 Å². The average molecular weight is 354 g/mol. The van der Waals surface area contributed by atoms with Crippen molar-refractivity contribution in [2.45, 2.75) is 64.4 Å². The van der Waals surface area contributed by atoms with E-state index < -0.39 is 7.12 Å². The van der Waals surface area contributed by atoms with Crippen molar-refractivity contribution < 1.29 is 14.0 Å². The number of benzene rings is 1. The summed E-state index contributed by atoms with van der Waals surface area (Å²) in [6.07, 6.45) is 5.08. The lowest BCUT2D eigenvalue weighted by Crippen LogP contribution is -2.41. The van der Waals surface area contributed by atoms with Crippen LogP contribution in [0.1, 0.15) is 53.2 Å². The summed E-state index contributed by atoms with van der Waals surface area (Å²) in [4.78, 5) is 4.72. The zero-order valence-corrected chi connectivity index (χ0v) is 16.1. The maximum Gasteiger partial charge on any atom is 0.514 e. The van der Waals surface area contributed by atoms with Crippen LogP contribution >= 0.6 is 0 Å². The molecule has 0 aliphatic carbocycles. The van der Waals surface area contributed by atoms with Crippen molar-refractivity contribution in [3.63, 3.8) is 0 Å². The summed E-state index contributed by atoms with van der Waals surface area (Å²) >= 11 is 0. The van der Waals surface area contributed by atoms with Crippen LogP contribution in [0.25, 0.3) is 11.4 Å². The molecule has 138 valence electrons. The summed E-state index contributed by atoms with van der Waals surface area (Å²) in [5.74, 6) is 0.905. The third kappa shape index (κ3) is 3.00. The lowest BCUT2D eigenvalue weighted by Gasteiger charge is -2.32. The fourth-order valence-corrected chi connectivity index (χ4v) is 3.54. The molecule has 4 rings (SSSR count). The summed E-state index contributed by atoms with van der Waals surface area (Å²) in [6, 6.07) is 10.2. The number of imidazole rings is 1. The van der Waals surface area contributed by atoms with Gasteiger partial charge in [-0.05, 0) is 47.0 Å². The zero-order chi connectivity index (χ0) is 18.4. The molecule has 2 fully saturated rings. The fourth-order valence-electron chi connectivity index (χ4n) is 3.54. The SMILES string of the molecule is CC1(C)OB(c2cnc(-c3ccccc3)n2[C@H]2CCCCO2)OC1(C)C. The standard InChI is InChI=1S/C20H27BN2O3/c1-19(2)20(3,4)26-21(25-19)16-14-22-18(15-10-6-5-7-11-15)23(16)17-12-8-9-13-24-17/h5-7,10-11,14,17H,8-9,12-13H2,1-4H3/t17-/m1/s1. The molecule has 2 aliphatic heterocycles. The number of ether oxygens (including phenoxy) is 1. The highest BCUT2D eigenvalue weighted by atomic mass is 16.7. The van der Waals surface area contributed by atoms with Crippen molar-refractivity contribution in [3.8, 4) is 11.4 Å². The first kappa shape index (κ1) is 17.8. The molecule has 0 radical (unpaired) electrons. The van der Waals surface area contributed by atoms with Crippen molar-refractivity contribution in [1.29, 1.82) is 0 Å². The molecule has 0 bridgehead atoms. The van der Waals surface area contributed by atoms with E-state index in [1.807, 2.05) is 24.4 Å². The molecule has 0 unspecified atom stereocenters. The van der Waals surface area contributed by atoms with Crippen LogP contribution in [-0.4, -0.2) is 34.5 Å². The van der Waals surface area contributed by atoms with Crippen LogP contribution in [0.15, 0.2) is 36.5 Å². The van der Waals surface area contributed by atoms with Gasteiger partial charge in [-0.15, -0.1) is 0 Å². The minimum absolute atomic E-state index is 0.0320. The summed E-state index contributed by atoms with van der Waals surface area (Å²) < 4.78 is 20.9. The zero-order valence-electron chi connectivity index (χ0n) is 16.1. The Morgan fingerprint density at radius 3 is 2.35 bits per heavy atom. The van der Waals surface area contributed by atoms with Gasteiger partial charge in [-0.2, -0.15) is 0 Å². The molecule has 5 nitrogen and oxygen atoms in total. The third-order valence-electron chi connectivity index (χ3n) is 5.80. The molecule has 6 heteroatoms. The van der Waals surface area contributed by atoms with E-state index >= 15 is 0 Å². The largest absolute Gasteiger partial charge is 0.514 e. The van der Waals surface area contributed by atoms with E-state index in [9.17, 15) is 0 Å². The van der Waals surface area contributed by atoms with Crippen molar-refractivity contribution in [3.05, 3.63) is 36.5 Å². The lowest BCUT2D eigenvalue weighted by atomic mass is 9.85. The van der Waals surface area contributed by atoms with E-state index in [4.69, 9.17) is 19.0 Å². The van der Waals surface area contributed by atoms with E-state index in [-0.39, 0.29) is 17.4 Å². The Balaban J connectivity index is 1.77. The molecule has 0 N–H and O–H groups in total. The summed E-state index contributed by atoms with van der Waals surface area (Å²) in [5, 5.41) is 0. The smallest absolute Gasteiger partial charge is 0.398 e. The molecule has 26 heavy (non-hydrogen) atoms. The minimum atomic E-state index is -0.449. The molecule has 3 heterocycles. The Hall–Kier alpha value is -1.63. The van der Waals surface area contributed by atoms with Gasteiger partial charge >= 0.3 is 7.12 Å². The molecule has 1 atom stereocenters. The highest BCUT2D eigenvalue weighted by molar-refractivity contribution is 6.61. The molecule has 0 saturated carbocycles. The lowest BCUT2D eigenvalue weighted by molar-refractivity contribution is -0.0296. The summed E-state index contributed by atoms with van der Waals surface area (Å²) in [6.45, 7) is 9.07. The Kier molecular flexibility index (Phi) is 4.45. The molecule has 0 amide bonds. The normalized spacial score (nSPS) is 24.8. The summed E-state index contributed by atoms with van der Waals surface area (Å²) in [5.41, 5.74) is 1.24. The number of rotatable bonds is 3. The Morgan fingerprint density at radius 2 is 1.73 bits per heavy atom. The molecule has 1 aromatic carbocycles. The molecule has 1 aromatic heterocycles. The van der Waals surface area contributed by atoms with Crippen LogP contribution in [0.2, 0.25) is 0 Å². The van der Waals surface area contributed by atoms with Crippen molar-refractivity contribution in [2.75, 3.05) is 6.61 Å². The van der Waals surface area contributed by atoms with Gasteiger partial charge < -0.3 is 18.6 Å². The van der Waals surface area contributed by atoms with E-state index in [0.29, 0.717) is 0 Å². The predicted molar refractivity (Wildman–Crippen MR) is 102 cm³/mol. The number of hydrogen-bond acceptors (Lipinski definition) is 4. The molecule has 2 saturated heterocycles. The van der Waals surface area contributed by atoms with Gasteiger partial charge in [0.1, 0.15) is 12.1 Å². The molecular weight excluding hydrogens is 327 g/mol. The minimum Gasteiger partial charge on any atom is -0.398 e. The van der Waals surface area contributed by atoms with E-state index in [1.165, 1.54) is 0 Å². The van der Waals surface area contributed by atoms with Gasteiger partial charge in [0.15, 0.2) is 0 Å². The molecule has 2 aromatic rings. The van der Waals surface area contributed by atoms with Gasteiger partial charge in [-0.25, -0.2) is 4.98 Å². The number of aromatic nitrogens is 2. The number of nitrogens with zero attached hydrogens (tertiary/aromatic N) is 2. The van der Waals surface area contributed by atoms with Crippen molar-refractivity contribution in [1.82, 2.24) is 9.55 Å². The predicted octanol–water partition coefficient (Wildman–Crippen LogP) is 3.55. The first-order valence-electron chi connectivity index (χ1n) is 9.49. The Morgan fingerprint density at radius 1 is 1.04 bits per heavy atom. The van der Waals surface area contributed by atoms with Gasteiger partial charge in [0.25, 0.3) is 0 Å². The van der Waals surface area contributed by atoms with Crippen molar-refractivity contribution >= 4 is 12.7 Å². The van der Waals surface area contributed by atoms with Gasteiger partial charge in [-0.1, -0.05) is 30.3 Å². The van der Waals surface area contributed by atoms with E-state index in [2.05, 4.69) is 44.4 Å². The van der Waals surface area contributed by atoms with Gasteiger partial charge in [0.2, 0.25) is 0 Å². The van der Waals surface area contributed by atoms with E-state index in [1.54, 1.807) is 0 Å². The van der Waals surface area contributed by atoms with Crippen LogP contribution < -0.4 is 5.59 Å². The van der Waals surface area contributed by atoms with Crippen LogP contribution in [0.4, 0.5) is 0 Å². The average Bonchev–Trinajstić information content (AvgIpc) is 3.15. The topological polar surface area (TPSA) is 45.5 Å². The second kappa shape index (κ2) is 6.52. The maximum absolute atomic E-state index is 6.29. The van der Waals surface area contributed by atoms with E-state index in [0.717, 1.165) is 42.9 Å². The third-order valence-corrected chi connectivity index (χ3v) is 5.80. The van der Waals surface area contributed by atoms with Gasteiger partial charge in [0, 0.05) is 18.4 Å². The Bertz CT molecular complexity index is 751. The van der Waals surface area contributed by atoms with Crippen LogP contribution in [0, 0.1) is 0 Å². The van der Waals surface area contributed by atoms with Crippen LogP contribution in [-0.2, 0) is 14.0 Å². The maximum atomic E-state index is 6.29. The molecular formula is C20H27BN2O3. The van der Waals surface area contributed by atoms with Crippen LogP contribution in [0.5, 0.6) is 0 Å². The highest BCUT2D eigenvalue weighted by Crippen LogP contribution is 2.37. The number of hydrogen-bond donors (Lipinski definition) is 0. The monoisotopic (exact) mass is 354 g/mol. The second-order valence-corrected chi connectivity index (χ2v) is 8.15. The fraction of sp³-hybridized carbons (Fsp3) is 0.550. The Labute approximate surface area is 155 Å². The molecule has 2 aliphatic rings. The highest BCUT2D eigenvalue weighted by Gasteiger charge is 2.53. The quantitative estimate of drug-likeness (QED) is 0.791. The molecule has 0 spiro atoms. The van der Waals surface area contributed by atoms with Crippen molar-refractivity contribution in [2.24, 2.45) is 0 Å². The first-order chi connectivity index (χ1) is 12.4.